The molecule has 32 heavy (non-hydrogen) atoms. The lowest BCUT2D eigenvalue weighted by molar-refractivity contribution is -0.137. The second kappa shape index (κ2) is 8.51. The van der Waals surface area contributed by atoms with Crippen molar-refractivity contribution >= 4 is 15.9 Å². The molecule has 4 atom stereocenters. The van der Waals surface area contributed by atoms with E-state index in [4.69, 9.17) is 0 Å². The van der Waals surface area contributed by atoms with Crippen LogP contribution < -0.4 is 4.72 Å². The van der Waals surface area contributed by atoms with Crippen molar-refractivity contribution < 1.29 is 26.4 Å². The molecule has 0 radical (unpaired) electrons. The summed E-state index contributed by atoms with van der Waals surface area (Å²) in [6.45, 7) is 2.56. The number of halogens is 3. The van der Waals surface area contributed by atoms with Crippen molar-refractivity contribution in [3.05, 3.63) is 65.7 Å². The standard InChI is InChI=1S/C23H25F3N2O3S/c1-15-11-21-19(20(15)13-27-32(30,31)18-5-3-2-4-6-18)12-22(29)28(21)14-16-7-9-17(10-8-16)23(24,25)26/h2-10,15,19-21,27H,11-14H2,1H3/t15-,19-,20+,21+/m0/s1. The third kappa shape index (κ3) is 4.54. The monoisotopic (exact) mass is 466 g/mol. The van der Waals surface area contributed by atoms with Gasteiger partial charge in [0.25, 0.3) is 0 Å². The number of sulfonamides is 1. The number of nitrogens with one attached hydrogen (secondary N) is 1. The Labute approximate surface area is 185 Å². The van der Waals surface area contributed by atoms with Crippen LogP contribution in [0.15, 0.2) is 59.5 Å². The number of alkyl halides is 3. The first-order valence-corrected chi connectivity index (χ1v) is 12.0. The number of hydrogen-bond acceptors (Lipinski definition) is 3. The zero-order valence-electron chi connectivity index (χ0n) is 17.5. The Hall–Kier alpha value is -2.39. The molecule has 1 heterocycles. The minimum atomic E-state index is -4.39. The van der Waals surface area contributed by atoms with Crippen LogP contribution in [0.2, 0.25) is 0 Å². The molecule has 1 saturated carbocycles. The first-order chi connectivity index (χ1) is 15.1. The van der Waals surface area contributed by atoms with E-state index in [-0.39, 0.29) is 47.7 Å². The average Bonchev–Trinajstić information content (AvgIpc) is 3.20. The maximum atomic E-state index is 12.8. The number of benzene rings is 2. The van der Waals surface area contributed by atoms with Crippen LogP contribution in [0.4, 0.5) is 13.2 Å². The third-order valence-corrected chi connectivity index (χ3v) is 8.16. The van der Waals surface area contributed by atoms with Gasteiger partial charge in [0.1, 0.15) is 0 Å². The number of hydrogen-bond donors (Lipinski definition) is 1. The largest absolute Gasteiger partial charge is 0.416 e. The summed E-state index contributed by atoms with van der Waals surface area (Å²) in [7, 11) is -3.63. The smallest absolute Gasteiger partial charge is 0.335 e. The fraction of sp³-hybridized carbons (Fsp3) is 0.435. The molecule has 0 aromatic heterocycles. The van der Waals surface area contributed by atoms with Crippen molar-refractivity contribution in [1.29, 1.82) is 0 Å². The van der Waals surface area contributed by atoms with Gasteiger partial charge in [-0.05, 0) is 54.0 Å². The molecule has 1 N–H and O–H groups in total. The molecule has 5 nitrogen and oxygen atoms in total. The van der Waals surface area contributed by atoms with Crippen molar-refractivity contribution in [3.63, 3.8) is 0 Å². The Morgan fingerprint density at radius 2 is 1.72 bits per heavy atom. The highest BCUT2D eigenvalue weighted by Crippen LogP contribution is 2.46. The first-order valence-electron chi connectivity index (χ1n) is 10.6. The van der Waals surface area contributed by atoms with E-state index in [1.54, 1.807) is 23.1 Å². The topological polar surface area (TPSA) is 66.5 Å². The molecule has 2 aliphatic rings. The van der Waals surface area contributed by atoms with Crippen molar-refractivity contribution in [3.8, 4) is 0 Å². The summed E-state index contributed by atoms with van der Waals surface area (Å²) in [6.07, 6.45) is -3.32. The summed E-state index contributed by atoms with van der Waals surface area (Å²) in [5, 5.41) is 0. The van der Waals surface area contributed by atoms with Gasteiger partial charge in [0, 0.05) is 25.6 Å². The molecule has 172 valence electrons. The summed E-state index contributed by atoms with van der Waals surface area (Å²) in [6, 6.07) is 13.0. The second-order valence-corrected chi connectivity index (χ2v) is 10.5. The highest BCUT2D eigenvalue weighted by molar-refractivity contribution is 7.89. The van der Waals surface area contributed by atoms with E-state index < -0.39 is 21.8 Å². The van der Waals surface area contributed by atoms with Crippen molar-refractivity contribution in [1.82, 2.24) is 9.62 Å². The van der Waals surface area contributed by atoms with Crippen LogP contribution in [0.5, 0.6) is 0 Å². The number of amides is 1. The van der Waals surface area contributed by atoms with Crippen LogP contribution in [-0.2, 0) is 27.5 Å². The SMILES string of the molecule is C[C@H]1C[C@@H]2[C@@H](CC(=O)N2Cc2ccc(C(F)(F)F)cc2)[C@@H]1CNS(=O)(=O)c1ccccc1. The van der Waals surface area contributed by atoms with Gasteiger partial charge in [0.2, 0.25) is 15.9 Å². The number of carbonyl (C=O) groups excluding carboxylic acids is 1. The van der Waals surface area contributed by atoms with Crippen LogP contribution in [0.1, 0.15) is 30.9 Å². The Morgan fingerprint density at radius 3 is 2.34 bits per heavy atom. The Morgan fingerprint density at radius 1 is 1.06 bits per heavy atom. The van der Waals surface area contributed by atoms with Crippen LogP contribution in [0, 0.1) is 17.8 Å². The van der Waals surface area contributed by atoms with E-state index >= 15 is 0 Å². The van der Waals surface area contributed by atoms with E-state index in [0.29, 0.717) is 12.0 Å². The molecule has 0 spiro atoms. The Balaban J connectivity index is 1.43. The molecule has 1 amide bonds. The van der Waals surface area contributed by atoms with E-state index in [2.05, 4.69) is 11.6 Å². The first kappa shape index (κ1) is 22.8. The maximum Gasteiger partial charge on any atom is 0.416 e. The fourth-order valence-electron chi connectivity index (χ4n) is 5.03. The zero-order chi connectivity index (χ0) is 23.1. The van der Waals surface area contributed by atoms with Crippen molar-refractivity contribution in [2.75, 3.05) is 6.54 Å². The number of rotatable bonds is 6. The van der Waals surface area contributed by atoms with Crippen molar-refractivity contribution in [2.45, 2.75) is 43.4 Å². The van der Waals surface area contributed by atoms with Gasteiger partial charge in [-0.2, -0.15) is 13.2 Å². The zero-order valence-corrected chi connectivity index (χ0v) is 18.4. The van der Waals surface area contributed by atoms with Gasteiger partial charge < -0.3 is 4.90 Å². The van der Waals surface area contributed by atoms with Gasteiger partial charge >= 0.3 is 6.18 Å². The summed E-state index contributed by atoms with van der Waals surface area (Å²) < 4.78 is 66.3. The summed E-state index contributed by atoms with van der Waals surface area (Å²) in [4.78, 5) is 14.6. The maximum absolute atomic E-state index is 12.8. The van der Waals surface area contributed by atoms with E-state index in [0.717, 1.165) is 18.6 Å². The van der Waals surface area contributed by atoms with Gasteiger partial charge in [0.05, 0.1) is 10.5 Å². The molecule has 9 heteroatoms. The number of likely N-dealkylation sites (tertiary alicyclic amines) is 1. The third-order valence-electron chi connectivity index (χ3n) is 6.72. The van der Waals surface area contributed by atoms with Gasteiger partial charge in [-0.15, -0.1) is 0 Å². The highest BCUT2D eigenvalue weighted by Gasteiger charge is 2.50. The predicted octanol–water partition coefficient (Wildman–Crippen LogP) is 4.06. The Bertz CT molecular complexity index is 1070. The molecule has 2 aromatic rings. The van der Waals surface area contributed by atoms with Crippen LogP contribution in [0.25, 0.3) is 0 Å². The van der Waals surface area contributed by atoms with E-state index in [1.165, 1.54) is 24.3 Å². The summed E-state index contributed by atoms with van der Waals surface area (Å²) in [5.74, 6) is 0.208. The quantitative estimate of drug-likeness (QED) is 0.698. The minimum Gasteiger partial charge on any atom is -0.335 e. The molecule has 0 unspecified atom stereocenters. The van der Waals surface area contributed by atoms with Gasteiger partial charge in [-0.25, -0.2) is 13.1 Å². The van der Waals surface area contributed by atoms with Gasteiger partial charge in [-0.3, -0.25) is 4.79 Å². The normalized spacial score (nSPS) is 25.9. The molecule has 2 fully saturated rings. The molecule has 2 aromatic carbocycles. The van der Waals surface area contributed by atoms with Crippen LogP contribution in [0.3, 0.4) is 0 Å². The molecule has 1 saturated heterocycles. The minimum absolute atomic E-state index is 0.0139. The number of nitrogens with zero attached hydrogens (tertiary/aromatic N) is 1. The molecular weight excluding hydrogens is 441 g/mol. The van der Waals surface area contributed by atoms with Crippen molar-refractivity contribution in [2.24, 2.45) is 17.8 Å². The van der Waals surface area contributed by atoms with Crippen LogP contribution in [-0.4, -0.2) is 31.8 Å². The lowest BCUT2D eigenvalue weighted by Gasteiger charge is -2.25. The molecule has 1 aliphatic heterocycles. The molecular formula is C23H25F3N2O3S. The second-order valence-electron chi connectivity index (χ2n) is 8.69. The highest BCUT2D eigenvalue weighted by atomic mass is 32.2. The Kier molecular flexibility index (Phi) is 6.06. The van der Waals surface area contributed by atoms with Gasteiger partial charge in [-0.1, -0.05) is 37.3 Å². The lowest BCUT2D eigenvalue weighted by atomic mass is 9.89. The average molecular weight is 467 g/mol. The summed E-state index contributed by atoms with van der Waals surface area (Å²) in [5.41, 5.74) is -0.0694. The molecule has 1 aliphatic carbocycles. The van der Waals surface area contributed by atoms with E-state index in [9.17, 15) is 26.4 Å². The predicted molar refractivity (Wildman–Crippen MR) is 113 cm³/mol. The van der Waals surface area contributed by atoms with Gasteiger partial charge in [0.15, 0.2) is 0 Å². The summed E-state index contributed by atoms with van der Waals surface area (Å²) >= 11 is 0. The fourth-order valence-corrected chi connectivity index (χ4v) is 6.12. The van der Waals surface area contributed by atoms with Crippen LogP contribution >= 0.6 is 0 Å². The molecule has 0 bridgehead atoms. The number of carbonyl (C=O) groups is 1. The lowest BCUT2D eigenvalue weighted by Crippen LogP contribution is -2.34. The van der Waals surface area contributed by atoms with E-state index in [1.807, 2.05) is 0 Å². The molecule has 4 rings (SSSR count). The number of fused-ring (bicyclic) bond motifs is 1.